The molecule has 112 valence electrons. The Balaban J connectivity index is 2.40. The second-order valence-electron chi connectivity index (χ2n) is 6.70. The summed E-state index contributed by atoms with van der Waals surface area (Å²) in [6.07, 6.45) is 2.62. The van der Waals surface area contributed by atoms with E-state index in [1.54, 1.807) is 0 Å². The lowest BCUT2D eigenvalue weighted by molar-refractivity contribution is 0.170. The van der Waals surface area contributed by atoms with Crippen molar-refractivity contribution in [1.82, 2.24) is 9.80 Å². The molecule has 1 saturated heterocycles. The van der Waals surface area contributed by atoms with E-state index in [9.17, 15) is 5.11 Å². The average molecular weight is 270 g/mol. The van der Waals surface area contributed by atoms with Gasteiger partial charge < -0.3 is 15.7 Å². The predicted octanol–water partition coefficient (Wildman–Crippen LogP) is 0.726. The highest BCUT2D eigenvalue weighted by molar-refractivity contribution is 5.82. The minimum atomic E-state index is -0.213. The first kappa shape index (κ1) is 16.4. The molecule has 1 heterocycles. The van der Waals surface area contributed by atoms with E-state index in [2.05, 4.69) is 23.9 Å². The third-order valence-corrected chi connectivity index (χ3v) is 4.06. The Kier molecular flexibility index (Phi) is 5.77. The van der Waals surface area contributed by atoms with Crippen LogP contribution in [0.1, 0.15) is 33.1 Å². The molecular weight excluding hydrogens is 240 g/mol. The van der Waals surface area contributed by atoms with Crippen LogP contribution in [0.3, 0.4) is 0 Å². The van der Waals surface area contributed by atoms with Crippen LogP contribution >= 0.6 is 0 Å². The maximum absolute atomic E-state index is 9.82. The van der Waals surface area contributed by atoms with E-state index in [4.69, 9.17) is 11.1 Å². The second kappa shape index (κ2) is 6.68. The van der Waals surface area contributed by atoms with E-state index in [-0.39, 0.29) is 17.4 Å². The van der Waals surface area contributed by atoms with Gasteiger partial charge in [0.1, 0.15) is 0 Å². The van der Waals surface area contributed by atoms with Gasteiger partial charge in [0.15, 0.2) is 0 Å². The SMILES string of the molecule is CN(C)CC1CC(O)CN1CCCC(C)(C)C(=N)N. The molecule has 5 nitrogen and oxygen atoms in total. The monoisotopic (exact) mass is 270 g/mol. The van der Waals surface area contributed by atoms with Gasteiger partial charge in [0, 0.05) is 24.5 Å². The van der Waals surface area contributed by atoms with Gasteiger partial charge in [0.25, 0.3) is 0 Å². The van der Waals surface area contributed by atoms with Crippen LogP contribution in [-0.4, -0.2) is 66.6 Å². The van der Waals surface area contributed by atoms with Crippen molar-refractivity contribution in [2.45, 2.75) is 45.3 Å². The van der Waals surface area contributed by atoms with Gasteiger partial charge in [-0.3, -0.25) is 10.3 Å². The fourth-order valence-corrected chi connectivity index (χ4v) is 2.70. The molecule has 0 aromatic rings. The van der Waals surface area contributed by atoms with Crippen LogP contribution in [-0.2, 0) is 0 Å². The Labute approximate surface area is 117 Å². The van der Waals surface area contributed by atoms with Gasteiger partial charge in [-0.05, 0) is 39.9 Å². The van der Waals surface area contributed by atoms with Crippen LogP contribution in [0.4, 0.5) is 0 Å². The van der Waals surface area contributed by atoms with Crippen LogP contribution < -0.4 is 5.73 Å². The lowest BCUT2D eigenvalue weighted by atomic mass is 9.86. The molecule has 2 unspecified atom stereocenters. The summed E-state index contributed by atoms with van der Waals surface area (Å²) >= 11 is 0. The number of aliphatic hydroxyl groups is 1. The fraction of sp³-hybridized carbons (Fsp3) is 0.929. The van der Waals surface area contributed by atoms with Crippen LogP contribution in [0.25, 0.3) is 0 Å². The maximum Gasteiger partial charge on any atom is 0.0963 e. The molecule has 0 amide bonds. The van der Waals surface area contributed by atoms with Crippen molar-refractivity contribution < 1.29 is 5.11 Å². The van der Waals surface area contributed by atoms with Gasteiger partial charge >= 0.3 is 0 Å². The van der Waals surface area contributed by atoms with Crippen molar-refractivity contribution in [3.05, 3.63) is 0 Å². The Morgan fingerprint density at radius 2 is 2.11 bits per heavy atom. The highest BCUT2D eigenvalue weighted by Gasteiger charge is 2.31. The number of amidine groups is 1. The average Bonchev–Trinajstić information content (AvgIpc) is 2.57. The third kappa shape index (κ3) is 5.09. The van der Waals surface area contributed by atoms with Gasteiger partial charge in [0.2, 0.25) is 0 Å². The summed E-state index contributed by atoms with van der Waals surface area (Å²) in [5, 5.41) is 17.4. The van der Waals surface area contributed by atoms with Gasteiger partial charge in [-0.25, -0.2) is 0 Å². The standard InChI is InChI=1S/C14H30N4O/c1-14(2,13(15)16)6-5-7-18-10-12(19)8-11(18)9-17(3)4/h11-12,19H,5-10H2,1-4H3,(H3,15,16). The zero-order valence-electron chi connectivity index (χ0n) is 12.8. The molecule has 1 aliphatic heterocycles. The molecule has 0 saturated carbocycles. The summed E-state index contributed by atoms with van der Waals surface area (Å²) in [6.45, 7) is 6.79. The molecule has 0 bridgehead atoms. The maximum atomic E-state index is 9.82. The topological polar surface area (TPSA) is 76.6 Å². The van der Waals surface area contributed by atoms with Crippen LogP contribution in [0.15, 0.2) is 0 Å². The molecule has 0 aromatic carbocycles. The number of nitrogens with two attached hydrogens (primary N) is 1. The summed E-state index contributed by atoms with van der Waals surface area (Å²) in [6, 6.07) is 0.449. The first-order valence-corrected chi connectivity index (χ1v) is 7.13. The Bertz CT molecular complexity index is 304. The van der Waals surface area contributed by atoms with E-state index in [1.165, 1.54) is 0 Å². The van der Waals surface area contributed by atoms with Crippen molar-refractivity contribution in [2.24, 2.45) is 11.1 Å². The number of hydrogen-bond acceptors (Lipinski definition) is 4. The van der Waals surface area contributed by atoms with Crippen LogP contribution in [0.5, 0.6) is 0 Å². The van der Waals surface area contributed by atoms with Crippen molar-refractivity contribution in [1.29, 1.82) is 5.41 Å². The van der Waals surface area contributed by atoms with E-state index in [0.717, 1.165) is 38.9 Å². The van der Waals surface area contributed by atoms with E-state index in [1.807, 2.05) is 13.8 Å². The smallest absolute Gasteiger partial charge is 0.0963 e. The van der Waals surface area contributed by atoms with Gasteiger partial charge in [-0.1, -0.05) is 13.8 Å². The highest BCUT2D eigenvalue weighted by atomic mass is 16.3. The van der Waals surface area contributed by atoms with E-state index in [0.29, 0.717) is 6.04 Å². The molecule has 1 fully saturated rings. The Morgan fingerprint density at radius 1 is 1.47 bits per heavy atom. The van der Waals surface area contributed by atoms with E-state index >= 15 is 0 Å². The molecule has 19 heavy (non-hydrogen) atoms. The number of nitrogens with one attached hydrogen (secondary N) is 1. The normalized spacial score (nSPS) is 25.2. The molecule has 1 rings (SSSR count). The summed E-state index contributed by atoms with van der Waals surface area (Å²) < 4.78 is 0. The summed E-state index contributed by atoms with van der Waals surface area (Å²) in [5.41, 5.74) is 5.39. The number of aliphatic hydroxyl groups excluding tert-OH is 1. The van der Waals surface area contributed by atoms with Crippen molar-refractivity contribution in [3.63, 3.8) is 0 Å². The number of hydrogen-bond donors (Lipinski definition) is 3. The van der Waals surface area contributed by atoms with Gasteiger partial charge in [-0.2, -0.15) is 0 Å². The molecule has 0 aromatic heterocycles. The Hall–Kier alpha value is -0.650. The summed E-state index contributed by atoms with van der Waals surface area (Å²) in [7, 11) is 4.14. The number of nitrogens with zero attached hydrogens (tertiary/aromatic N) is 2. The molecule has 0 aliphatic carbocycles. The first-order chi connectivity index (χ1) is 8.72. The van der Waals surface area contributed by atoms with Crippen molar-refractivity contribution in [3.8, 4) is 0 Å². The summed E-state index contributed by atoms with van der Waals surface area (Å²) in [5.74, 6) is 0.263. The van der Waals surface area contributed by atoms with Crippen molar-refractivity contribution in [2.75, 3.05) is 33.7 Å². The highest BCUT2D eigenvalue weighted by Crippen LogP contribution is 2.24. The van der Waals surface area contributed by atoms with Crippen LogP contribution in [0.2, 0.25) is 0 Å². The molecule has 0 spiro atoms. The molecule has 1 aliphatic rings. The number of rotatable bonds is 7. The minimum absolute atomic E-state index is 0.189. The molecular formula is C14H30N4O. The number of likely N-dealkylation sites (N-methyl/N-ethyl adjacent to an activating group) is 1. The quantitative estimate of drug-likeness (QED) is 0.471. The zero-order chi connectivity index (χ0) is 14.6. The fourth-order valence-electron chi connectivity index (χ4n) is 2.70. The van der Waals surface area contributed by atoms with Gasteiger partial charge in [-0.15, -0.1) is 0 Å². The molecule has 0 radical (unpaired) electrons. The first-order valence-electron chi connectivity index (χ1n) is 7.13. The third-order valence-electron chi connectivity index (χ3n) is 4.06. The van der Waals surface area contributed by atoms with E-state index < -0.39 is 0 Å². The number of likely N-dealkylation sites (tertiary alicyclic amines) is 1. The zero-order valence-corrected chi connectivity index (χ0v) is 12.8. The lowest BCUT2D eigenvalue weighted by Crippen LogP contribution is -2.39. The second-order valence-corrected chi connectivity index (χ2v) is 6.70. The molecule has 2 atom stereocenters. The molecule has 4 N–H and O–H groups in total. The van der Waals surface area contributed by atoms with Gasteiger partial charge in [0.05, 0.1) is 11.9 Å². The predicted molar refractivity (Wildman–Crippen MR) is 79.5 cm³/mol. The van der Waals surface area contributed by atoms with Crippen molar-refractivity contribution >= 4 is 5.84 Å². The Morgan fingerprint density at radius 3 is 2.63 bits per heavy atom. The summed E-state index contributed by atoms with van der Waals surface area (Å²) in [4.78, 5) is 4.55. The lowest BCUT2D eigenvalue weighted by Gasteiger charge is -2.28. The molecule has 5 heteroatoms. The minimum Gasteiger partial charge on any atom is -0.392 e. The number of β-amino-alcohol motifs (C(OH)–C–C–N with tert-alkyl or cyclic N) is 1. The van der Waals surface area contributed by atoms with Crippen LogP contribution in [0, 0.1) is 10.8 Å². The largest absolute Gasteiger partial charge is 0.392 e.